The van der Waals surface area contributed by atoms with Crippen LogP contribution in [0.2, 0.25) is 0 Å². The molecule has 0 fully saturated rings. The Kier molecular flexibility index (Phi) is 4.02. The van der Waals surface area contributed by atoms with Crippen LogP contribution in [-0.2, 0) is 11.1 Å². The number of rotatable bonds is 3. The van der Waals surface area contributed by atoms with Gasteiger partial charge in [-0.15, -0.1) is 0 Å². The first kappa shape index (κ1) is 16.1. The second-order valence-electron chi connectivity index (χ2n) is 5.75. The average molecular weight is 325 g/mol. The quantitative estimate of drug-likeness (QED) is 0.769. The van der Waals surface area contributed by atoms with Gasteiger partial charge in [0.2, 0.25) is 0 Å². The summed E-state index contributed by atoms with van der Waals surface area (Å²) in [6.07, 6.45) is 6.06. The summed E-state index contributed by atoms with van der Waals surface area (Å²) in [6, 6.07) is 12.6. The van der Waals surface area contributed by atoms with Gasteiger partial charge in [-0.05, 0) is 41.5 Å². The maximum atomic E-state index is 16.2. The van der Waals surface area contributed by atoms with Gasteiger partial charge >= 0.3 is 0 Å². The highest BCUT2D eigenvalue weighted by Gasteiger charge is 2.52. The van der Waals surface area contributed by atoms with Crippen molar-refractivity contribution < 1.29 is 13.2 Å². The van der Waals surface area contributed by atoms with E-state index >= 15 is 4.39 Å². The van der Waals surface area contributed by atoms with Crippen molar-refractivity contribution in [2.24, 2.45) is 0 Å². The van der Waals surface area contributed by atoms with Crippen molar-refractivity contribution in [3.63, 3.8) is 0 Å². The van der Waals surface area contributed by atoms with Gasteiger partial charge in [-0.3, -0.25) is 0 Å². The molecule has 0 saturated heterocycles. The van der Waals surface area contributed by atoms with Crippen molar-refractivity contribution in [1.82, 2.24) is 0 Å². The van der Waals surface area contributed by atoms with Crippen LogP contribution in [0.1, 0.15) is 17.5 Å². The first-order valence-electron chi connectivity index (χ1n) is 7.47. The minimum absolute atomic E-state index is 0.145. The number of allylic oxidation sites excluding steroid dienone is 4. The summed E-state index contributed by atoms with van der Waals surface area (Å²) < 4.78 is 42.8. The number of benzene rings is 2. The Labute approximate surface area is 138 Å². The van der Waals surface area contributed by atoms with Crippen LogP contribution in [0.5, 0.6) is 0 Å². The lowest BCUT2D eigenvalue weighted by atomic mass is 9.62. The lowest BCUT2D eigenvalue weighted by Gasteiger charge is -2.43. The zero-order valence-electron chi connectivity index (χ0n) is 12.7. The first-order valence-corrected chi connectivity index (χ1v) is 7.47. The third kappa shape index (κ3) is 2.43. The Hall–Kier alpha value is -2.80. The molecule has 0 aliphatic heterocycles. The fourth-order valence-electron chi connectivity index (χ4n) is 3.19. The topological polar surface area (TPSA) is 23.8 Å². The summed E-state index contributed by atoms with van der Waals surface area (Å²) in [5.74, 6) is -0.905. The van der Waals surface area contributed by atoms with Gasteiger partial charge in [0.05, 0.1) is 17.9 Å². The Bertz CT molecular complexity index is 831. The van der Waals surface area contributed by atoms with E-state index in [0.29, 0.717) is 5.56 Å². The van der Waals surface area contributed by atoms with Crippen LogP contribution in [0.3, 0.4) is 0 Å². The van der Waals surface area contributed by atoms with Gasteiger partial charge in [0.15, 0.2) is 5.67 Å². The highest BCUT2D eigenvalue weighted by molar-refractivity contribution is 5.48. The third-order valence-corrected chi connectivity index (χ3v) is 4.45. The summed E-state index contributed by atoms with van der Waals surface area (Å²) in [5.41, 5.74) is -2.65. The van der Waals surface area contributed by atoms with Gasteiger partial charge in [-0.2, -0.15) is 5.26 Å². The molecule has 4 heteroatoms. The van der Waals surface area contributed by atoms with Crippen LogP contribution in [0.25, 0.3) is 0 Å². The number of hydrogen-bond donors (Lipinski definition) is 0. The standard InChI is InChI=1S/C20H14F3N/c21-17-7-3-15(4-8-17)19(13-14-24)11-1-2-12-20(19,23)16-5-9-18(22)10-6-16/h1-12H,13H2. The second-order valence-corrected chi connectivity index (χ2v) is 5.75. The maximum absolute atomic E-state index is 16.2. The molecule has 1 aliphatic rings. The minimum atomic E-state index is -2.05. The van der Waals surface area contributed by atoms with Gasteiger partial charge in [0, 0.05) is 0 Å². The smallest absolute Gasteiger partial charge is 0.168 e. The number of halogens is 3. The van der Waals surface area contributed by atoms with Crippen LogP contribution in [0.4, 0.5) is 13.2 Å². The number of nitriles is 1. The Morgan fingerprint density at radius 3 is 1.83 bits per heavy atom. The molecule has 0 N–H and O–H groups in total. The van der Waals surface area contributed by atoms with Crippen molar-refractivity contribution in [1.29, 1.82) is 5.26 Å². The SMILES string of the molecule is N#CCC1(c2ccc(F)cc2)C=CC=CC1(F)c1ccc(F)cc1. The maximum Gasteiger partial charge on any atom is 0.168 e. The van der Waals surface area contributed by atoms with Crippen LogP contribution in [0, 0.1) is 23.0 Å². The average Bonchev–Trinajstić information content (AvgIpc) is 2.58. The van der Waals surface area contributed by atoms with Crippen molar-refractivity contribution in [3.8, 4) is 6.07 Å². The highest BCUT2D eigenvalue weighted by Crippen LogP contribution is 2.51. The van der Waals surface area contributed by atoms with Gasteiger partial charge in [0.1, 0.15) is 11.6 Å². The van der Waals surface area contributed by atoms with E-state index in [4.69, 9.17) is 0 Å². The summed E-state index contributed by atoms with van der Waals surface area (Å²) in [5, 5.41) is 9.31. The van der Waals surface area contributed by atoms with E-state index in [1.165, 1.54) is 54.6 Å². The second kappa shape index (κ2) is 6.01. The Balaban J connectivity index is 2.23. The molecular weight excluding hydrogens is 311 g/mol. The van der Waals surface area contributed by atoms with Crippen molar-refractivity contribution in [2.75, 3.05) is 0 Å². The first-order chi connectivity index (χ1) is 11.5. The summed E-state index contributed by atoms with van der Waals surface area (Å²) >= 11 is 0. The molecule has 0 amide bonds. The van der Waals surface area contributed by atoms with E-state index in [1.54, 1.807) is 18.2 Å². The van der Waals surface area contributed by atoms with E-state index in [1.807, 2.05) is 6.07 Å². The van der Waals surface area contributed by atoms with E-state index in [-0.39, 0.29) is 12.0 Å². The lowest BCUT2D eigenvalue weighted by Crippen LogP contribution is -2.44. The number of alkyl halides is 1. The molecule has 0 radical (unpaired) electrons. The van der Waals surface area contributed by atoms with Crippen LogP contribution < -0.4 is 0 Å². The van der Waals surface area contributed by atoms with Crippen LogP contribution in [0.15, 0.2) is 72.8 Å². The molecule has 0 heterocycles. The van der Waals surface area contributed by atoms with Crippen molar-refractivity contribution in [2.45, 2.75) is 17.5 Å². The molecular formula is C20H14F3N. The zero-order chi connectivity index (χ0) is 17.2. The molecule has 2 unspecified atom stereocenters. The predicted octanol–water partition coefficient (Wildman–Crippen LogP) is 5.11. The van der Waals surface area contributed by atoms with Crippen molar-refractivity contribution in [3.05, 3.63) is 95.6 Å². The molecule has 0 saturated carbocycles. The Morgan fingerprint density at radius 2 is 1.29 bits per heavy atom. The lowest BCUT2D eigenvalue weighted by molar-refractivity contribution is 0.133. The van der Waals surface area contributed by atoms with Gasteiger partial charge < -0.3 is 0 Å². The minimum Gasteiger partial charge on any atom is -0.233 e. The molecule has 3 rings (SSSR count). The van der Waals surface area contributed by atoms with Gasteiger partial charge in [-0.1, -0.05) is 42.5 Å². The molecule has 24 heavy (non-hydrogen) atoms. The molecule has 0 spiro atoms. The summed E-state index contributed by atoms with van der Waals surface area (Å²) in [4.78, 5) is 0. The van der Waals surface area contributed by atoms with Crippen LogP contribution in [-0.4, -0.2) is 0 Å². The fraction of sp³-hybridized carbons (Fsp3) is 0.150. The number of hydrogen-bond acceptors (Lipinski definition) is 1. The van der Waals surface area contributed by atoms with E-state index in [9.17, 15) is 14.0 Å². The molecule has 120 valence electrons. The van der Waals surface area contributed by atoms with Gasteiger partial charge in [0.25, 0.3) is 0 Å². The predicted molar refractivity (Wildman–Crippen MR) is 85.8 cm³/mol. The van der Waals surface area contributed by atoms with Crippen molar-refractivity contribution >= 4 is 0 Å². The number of nitrogens with zero attached hydrogens (tertiary/aromatic N) is 1. The molecule has 2 atom stereocenters. The fourth-order valence-corrected chi connectivity index (χ4v) is 3.19. The molecule has 2 aromatic carbocycles. The largest absolute Gasteiger partial charge is 0.233 e. The normalized spacial score (nSPS) is 25.4. The van der Waals surface area contributed by atoms with Crippen LogP contribution >= 0.6 is 0 Å². The summed E-state index contributed by atoms with van der Waals surface area (Å²) in [7, 11) is 0. The molecule has 1 aliphatic carbocycles. The third-order valence-electron chi connectivity index (χ3n) is 4.45. The van der Waals surface area contributed by atoms with Gasteiger partial charge in [-0.25, -0.2) is 13.2 Å². The molecule has 2 aromatic rings. The van der Waals surface area contributed by atoms with E-state index in [0.717, 1.165) is 0 Å². The molecule has 1 nitrogen and oxygen atoms in total. The summed E-state index contributed by atoms with van der Waals surface area (Å²) in [6.45, 7) is 0. The zero-order valence-corrected chi connectivity index (χ0v) is 12.7. The van der Waals surface area contributed by atoms with E-state index in [2.05, 4.69) is 0 Å². The molecule has 0 aromatic heterocycles. The highest BCUT2D eigenvalue weighted by atomic mass is 19.1. The Morgan fingerprint density at radius 1 is 0.792 bits per heavy atom. The monoisotopic (exact) mass is 325 g/mol. The molecule has 0 bridgehead atoms. The van der Waals surface area contributed by atoms with E-state index < -0.39 is 22.7 Å².